The molecule has 3 aliphatic heterocycles. The molecule has 0 saturated carbocycles. The molecule has 1 unspecified atom stereocenters. The minimum absolute atomic E-state index is 0.124. The summed E-state index contributed by atoms with van der Waals surface area (Å²) in [6.07, 6.45) is 1.84. The molecule has 0 fully saturated rings. The summed E-state index contributed by atoms with van der Waals surface area (Å²) in [7, 11) is 1.58. The number of carbonyl (C=O) groups is 2. The van der Waals surface area contributed by atoms with Gasteiger partial charge in [-0.2, -0.15) is 0 Å². The van der Waals surface area contributed by atoms with Crippen molar-refractivity contribution in [1.82, 2.24) is 20.6 Å². The molecule has 3 rings (SSSR count). The minimum Gasteiger partial charge on any atom is -0.383 e. The molecule has 2 N–H and O–H groups in total. The monoisotopic (exact) mass is 321 g/mol. The molecule has 2 amide bonds. The van der Waals surface area contributed by atoms with Crippen LogP contribution in [0.2, 0.25) is 1.41 Å². The van der Waals surface area contributed by atoms with Crippen LogP contribution in [-0.2, 0) is 14.3 Å². The van der Waals surface area contributed by atoms with Crippen molar-refractivity contribution in [2.45, 2.75) is 39.8 Å². The summed E-state index contributed by atoms with van der Waals surface area (Å²) in [6, 6.07) is -0.372. The second-order valence-corrected chi connectivity index (χ2v) is 7.31. The first kappa shape index (κ1) is 14.7. The van der Waals surface area contributed by atoms with Gasteiger partial charge in [-0.15, -0.1) is 0 Å². The number of nitrogens with one attached hydrogen (secondary N) is 2. The zero-order valence-corrected chi connectivity index (χ0v) is 14.2. The first-order valence-electron chi connectivity index (χ1n) is 8.26. The Morgan fingerprint density at radius 3 is 2.74 bits per heavy atom. The van der Waals surface area contributed by atoms with Gasteiger partial charge in [0, 0.05) is 7.11 Å². The molecule has 0 aromatic rings. The summed E-state index contributed by atoms with van der Waals surface area (Å²) < 4.78 is 13.4. The van der Waals surface area contributed by atoms with E-state index in [-0.39, 0.29) is 35.9 Å². The van der Waals surface area contributed by atoms with Crippen molar-refractivity contribution in [3.05, 3.63) is 23.2 Å². The molecule has 126 valence electrons. The van der Waals surface area contributed by atoms with E-state index in [2.05, 4.69) is 5.32 Å². The van der Waals surface area contributed by atoms with E-state index in [0.717, 1.165) is 0 Å². The third-order valence-corrected chi connectivity index (χ3v) is 4.42. The highest BCUT2D eigenvalue weighted by Gasteiger charge is 2.45. The maximum atomic E-state index is 12.9. The van der Waals surface area contributed by atoms with Crippen LogP contribution in [-0.4, -0.2) is 54.1 Å². The van der Waals surface area contributed by atoms with E-state index in [0.29, 0.717) is 23.7 Å². The van der Waals surface area contributed by atoms with Crippen LogP contribution in [0.4, 0.5) is 0 Å². The normalized spacial score (nSPS) is 26.9. The first-order valence-corrected chi connectivity index (χ1v) is 7.81. The number of rotatable bonds is 3. The van der Waals surface area contributed by atoms with Crippen LogP contribution >= 0.6 is 0 Å². The highest BCUT2D eigenvalue weighted by molar-refractivity contribution is 6.10. The molecule has 0 aromatic carbocycles. The van der Waals surface area contributed by atoms with Crippen molar-refractivity contribution in [2.75, 3.05) is 20.3 Å². The molecule has 7 heteroatoms. The SMILES string of the molecule is [2H]N1C(C(C)(C)C)C=C2NC3=C(CN([C@@H](C)COC)C3=O)C(=O)N21. The summed E-state index contributed by atoms with van der Waals surface area (Å²) in [5, 5.41) is 4.38. The van der Waals surface area contributed by atoms with Gasteiger partial charge >= 0.3 is 0 Å². The molecule has 0 aliphatic carbocycles. The number of hydrogen-bond acceptors (Lipinski definition) is 5. The largest absolute Gasteiger partial charge is 0.383 e. The fourth-order valence-electron chi connectivity index (χ4n) is 2.96. The number of hydrogen-bond donors (Lipinski definition) is 2. The maximum absolute atomic E-state index is 12.9. The number of nitrogens with zero attached hydrogens (tertiary/aromatic N) is 2. The summed E-state index contributed by atoms with van der Waals surface area (Å²) in [6.45, 7) is 8.57. The predicted molar refractivity (Wildman–Crippen MR) is 84.5 cm³/mol. The fourth-order valence-corrected chi connectivity index (χ4v) is 2.96. The number of hydrazine groups is 1. The van der Waals surface area contributed by atoms with Gasteiger partial charge in [0.2, 0.25) is 0 Å². The highest BCUT2D eigenvalue weighted by atomic mass is 16.5. The third kappa shape index (κ3) is 2.53. The average Bonchev–Trinajstić information content (AvgIpc) is 2.99. The summed E-state index contributed by atoms with van der Waals surface area (Å²) in [4.78, 5) is 27.1. The lowest BCUT2D eigenvalue weighted by Gasteiger charge is -2.30. The van der Waals surface area contributed by atoms with E-state index < -0.39 is 0 Å². The number of ether oxygens (including phenoxy) is 1. The third-order valence-electron chi connectivity index (χ3n) is 4.42. The molecule has 0 spiro atoms. The number of amides is 2. The smallest absolute Gasteiger partial charge is 0.274 e. The zero-order valence-electron chi connectivity index (χ0n) is 15.2. The van der Waals surface area contributed by atoms with Crippen LogP contribution in [0.25, 0.3) is 0 Å². The van der Waals surface area contributed by atoms with E-state index >= 15 is 0 Å². The highest BCUT2D eigenvalue weighted by Crippen LogP contribution is 2.32. The van der Waals surface area contributed by atoms with Crippen LogP contribution in [0.5, 0.6) is 0 Å². The minimum atomic E-state index is -0.308. The number of carbonyl (C=O) groups excluding carboxylic acids is 2. The van der Waals surface area contributed by atoms with Crippen LogP contribution in [0, 0.1) is 5.41 Å². The van der Waals surface area contributed by atoms with Crippen LogP contribution in [0.3, 0.4) is 0 Å². The van der Waals surface area contributed by atoms with Gasteiger partial charge in [0.15, 0.2) is 0 Å². The molecule has 0 saturated heterocycles. The Kier molecular flexibility index (Phi) is 3.42. The Balaban J connectivity index is 1.88. The van der Waals surface area contributed by atoms with Gasteiger partial charge < -0.3 is 15.0 Å². The lowest BCUT2D eigenvalue weighted by molar-refractivity contribution is -0.129. The van der Waals surface area contributed by atoms with Gasteiger partial charge in [0.25, 0.3) is 11.8 Å². The Hall–Kier alpha value is -1.86. The Bertz CT molecular complexity index is 652. The summed E-state index contributed by atoms with van der Waals surface area (Å²) in [5.74, 6) is -0.0142. The Labute approximate surface area is 137 Å². The van der Waals surface area contributed by atoms with E-state index in [9.17, 15) is 9.59 Å². The van der Waals surface area contributed by atoms with Crippen molar-refractivity contribution in [2.24, 2.45) is 5.41 Å². The van der Waals surface area contributed by atoms with Crippen LogP contribution in [0.1, 0.15) is 27.7 Å². The number of fused-ring (bicyclic) bond motifs is 1. The van der Waals surface area contributed by atoms with Crippen molar-refractivity contribution < 1.29 is 15.7 Å². The van der Waals surface area contributed by atoms with Gasteiger partial charge in [0.05, 0.1) is 30.8 Å². The molecular formula is C16H24N4O3. The molecule has 2 atom stereocenters. The Morgan fingerprint density at radius 1 is 1.43 bits per heavy atom. The molecule has 3 aliphatic rings. The lowest BCUT2D eigenvalue weighted by Crippen LogP contribution is -2.50. The van der Waals surface area contributed by atoms with Gasteiger partial charge in [-0.05, 0) is 18.4 Å². The maximum Gasteiger partial charge on any atom is 0.274 e. The van der Waals surface area contributed by atoms with Gasteiger partial charge in [0.1, 0.15) is 12.9 Å². The second kappa shape index (κ2) is 5.35. The predicted octanol–water partition coefficient (Wildman–Crippen LogP) is 0.324. The van der Waals surface area contributed by atoms with E-state index in [1.165, 1.54) is 10.4 Å². The molecule has 0 aromatic heterocycles. The van der Waals surface area contributed by atoms with Crippen molar-refractivity contribution >= 4 is 11.8 Å². The topological polar surface area (TPSA) is 73.9 Å². The summed E-state index contributed by atoms with van der Waals surface area (Å²) >= 11 is 0. The van der Waals surface area contributed by atoms with E-state index in [1.54, 1.807) is 12.0 Å². The molecular weight excluding hydrogens is 296 g/mol. The van der Waals surface area contributed by atoms with Gasteiger partial charge in [-0.25, -0.2) is 10.4 Å². The molecule has 0 bridgehead atoms. The fraction of sp³-hybridized carbons (Fsp3) is 0.625. The van der Waals surface area contributed by atoms with Crippen molar-refractivity contribution in [3.8, 4) is 0 Å². The van der Waals surface area contributed by atoms with Crippen molar-refractivity contribution in [3.63, 3.8) is 0 Å². The van der Waals surface area contributed by atoms with Gasteiger partial charge in [-0.1, -0.05) is 20.8 Å². The lowest BCUT2D eigenvalue weighted by atomic mass is 9.87. The average molecular weight is 321 g/mol. The summed E-state index contributed by atoms with van der Waals surface area (Å²) in [5.41, 5.74) is 1.72. The Morgan fingerprint density at radius 2 is 2.13 bits per heavy atom. The van der Waals surface area contributed by atoms with Crippen LogP contribution in [0.15, 0.2) is 23.2 Å². The molecule has 23 heavy (non-hydrogen) atoms. The molecule has 7 nitrogen and oxygen atoms in total. The van der Waals surface area contributed by atoms with Crippen LogP contribution < -0.4 is 10.7 Å². The first-order chi connectivity index (χ1) is 11.2. The van der Waals surface area contributed by atoms with Crippen molar-refractivity contribution in [1.29, 1.82) is 0 Å². The van der Waals surface area contributed by atoms with Gasteiger partial charge in [-0.3, -0.25) is 9.59 Å². The standard InChI is InChI=1S/C16H24N4O3/c1-9(8-23-5)19-7-10-13(15(19)22)17-12-6-11(16(2,3)4)18-20(12)14(10)21/h6,9,11,17-18H,7-8H2,1-5H3/t9-,11?/m0/s1/i/hD. The number of methoxy groups -OCH3 is 1. The van der Waals surface area contributed by atoms with E-state index in [4.69, 9.17) is 6.15 Å². The molecule has 3 heterocycles. The van der Waals surface area contributed by atoms with E-state index in [1.807, 2.05) is 33.8 Å². The zero-order chi connectivity index (χ0) is 17.8. The quantitative estimate of drug-likeness (QED) is 0.783. The second-order valence-electron chi connectivity index (χ2n) is 7.31. The molecule has 0 radical (unpaired) electrons.